The minimum Gasteiger partial charge on any atom is -0.462 e. The average molecular weight is 275 g/mol. The van der Waals surface area contributed by atoms with Gasteiger partial charge in [0.15, 0.2) is 5.57 Å². The lowest BCUT2D eigenvalue weighted by Crippen LogP contribution is -2.08. The van der Waals surface area contributed by atoms with E-state index in [9.17, 15) is 14.9 Å². The molecule has 7 nitrogen and oxygen atoms in total. The van der Waals surface area contributed by atoms with E-state index in [2.05, 4.69) is 10.1 Å². The molecule has 0 aliphatic rings. The molecule has 20 heavy (non-hydrogen) atoms. The molecule has 7 heteroatoms. The van der Waals surface area contributed by atoms with Gasteiger partial charge in [0.25, 0.3) is 5.69 Å². The SMILES string of the molecule is CCOC(=O)/C(C#N)=C/Nc1ccc(C)c([N+](=O)[O-])c1. The van der Waals surface area contributed by atoms with E-state index in [1.54, 1.807) is 32.0 Å². The zero-order valence-electron chi connectivity index (χ0n) is 11.0. The molecule has 0 radical (unpaired) electrons. The third kappa shape index (κ3) is 3.81. The smallest absolute Gasteiger partial charge is 0.350 e. The van der Waals surface area contributed by atoms with Gasteiger partial charge in [-0.1, -0.05) is 6.07 Å². The molecule has 0 bridgehead atoms. The third-order valence-corrected chi connectivity index (χ3v) is 2.40. The number of nitrogens with one attached hydrogen (secondary N) is 1. The predicted molar refractivity (Wildman–Crippen MR) is 71.8 cm³/mol. The molecule has 1 rings (SSSR count). The molecular weight excluding hydrogens is 262 g/mol. The van der Waals surface area contributed by atoms with Crippen LogP contribution in [0.2, 0.25) is 0 Å². The number of hydrogen-bond acceptors (Lipinski definition) is 6. The van der Waals surface area contributed by atoms with Gasteiger partial charge in [-0.05, 0) is 19.9 Å². The van der Waals surface area contributed by atoms with Crippen molar-refractivity contribution in [2.45, 2.75) is 13.8 Å². The van der Waals surface area contributed by atoms with Crippen LogP contribution in [0.4, 0.5) is 11.4 Å². The van der Waals surface area contributed by atoms with Crippen molar-refractivity contribution in [1.29, 1.82) is 5.26 Å². The van der Waals surface area contributed by atoms with E-state index in [4.69, 9.17) is 5.26 Å². The van der Waals surface area contributed by atoms with Crippen LogP contribution in [0.3, 0.4) is 0 Å². The maximum atomic E-state index is 11.4. The Balaban J connectivity index is 2.94. The molecule has 1 N–H and O–H groups in total. The number of nitro groups is 1. The van der Waals surface area contributed by atoms with Crippen LogP contribution >= 0.6 is 0 Å². The highest BCUT2D eigenvalue weighted by molar-refractivity contribution is 5.93. The molecule has 1 aromatic rings. The maximum absolute atomic E-state index is 11.4. The van der Waals surface area contributed by atoms with Gasteiger partial charge in [0.1, 0.15) is 6.07 Å². The molecular formula is C13H13N3O4. The summed E-state index contributed by atoms with van der Waals surface area (Å²) in [6.45, 7) is 3.41. The quantitative estimate of drug-likeness (QED) is 0.290. The number of esters is 1. The summed E-state index contributed by atoms with van der Waals surface area (Å²) in [5.74, 6) is -0.746. The Morgan fingerprint density at radius 3 is 2.85 bits per heavy atom. The number of hydrogen-bond donors (Lipinski definition) is 1. The van der Waals surface area contributed by atoms with E-state index in [0.29, 0.717) is 11.3 Å². The second-order valence-corrected chi connectivity index (χ2v) is 3.79. The lowest BCUT2D eigenvalue weighted by molar-refractivity contribution is -0.385. The second-order valence-electron chi connectivity index (χ2n) is 3.79. The van der Waals surface area contributed by atoms with Crippen LogP contribution in [0, 0.1) is 28.4 Å². The molecule has 0 saturated heterocycles. The van der Waals surface area contributed by atoms with Gasteiger partial charge in [-0.15, -0.1) is 0 Å². The highest BCUT2D eigenvalue weighted by atomic mass is 16.6. The molecule has 0 amide bonds. The first-order chi connectivity index (χ1) is 9.49. The summed E-state index contributed by atoms with van der Waals surface area (Å²) in [7, 11) is 0. The van der Waals surface area contributed by atoms with Crippen LogP contribution in [0.25, 0.3) is 0 Å². The molecule has 0 aromatic heterocycles. The second kappa shape index (κ2) is 6.89. The maximum Gasteiger partial charge on any atom is 0.350 e. The minimum absolute atomic E-state index is 0.0435. The largest absolute Gasteiger partial charge is 0.462 e. The number of rotatable bonds is 5. The summed E-state index contributed by atoms with van der Waals surface area (Å²) in [6.07, 6.45) is 1.16. The van der Waals surface area contributed by atoms with Crippen molar-refractivity contribution in [3.63, 3.8) is 0 Å². The fourth-order valence-electron chi connectivity index (χ4n) is 1.40. The van der Waals surface area contributed by atoms with E-state index in [0.717, 1.165) is 6.20 Å². The van der Waals surface area contributed by atoms with Crippen molar-refractivity contribution in [3.05, 3.63) is 45.6 Å². The number of anilines is 1. The Bertz CT molecular complexity index is 602. The molecule has 0 aliphatic heterocycles. The summed E-state index contributed by atoms with van der Waals surface area (Å²) >= 11 is 0. The highest BCUT2D eigenvalue weighted by Gasteiger charge is 2.12. The van der Waals surface area contributed by atoms with Crippen LogP contribution in [-0.2, 0) is 9.53 Å². The molecule has 0 unspecified atom stereocenters. The zero-order valence-corrected chi connectivity index (χ0v) is 11.0. The summed E-state index contributed by atoms with van der Waals surface area (Å²) in [4.78, 5) is 21.7. The Kier molecular flexibility index (Phi) is 5.23. The number of nitro benzene ring substituents is 1. The normalized spacial score (nSPS) is 10.6. The monoisotopic (exact) mass is 275 g/mol. The summed E-state index contributed by atoms with van der Waals surface area (Å²) in [6, 6.07) is 6.21. The predicted octanol–water partition coefficient (Wildman–Crippen LogP) is 2.29. The minimum atomic E-state index is -0.746. The molecule has 0 aliphatic carbocycles. The van der Waals surface area contributed by atoms with E-state index in [1.165, 1.54) is 6.07 Å². The van der Waals surface area contributed by atoms with Crippen molar-refractivity contribution >= 4 is 17.3 Å². The topological polar surface area (TPSA) is 105 Å². The molecule has 0 fully saturated rings. The summed E-state index contributed by atoms with van der Waals surface area (Å²) in [5, 5.41) is 22.3. The Morgan fingerprint density at radius 2 is 2.30 bits per heavy atom. The molecule has 104 valence electrons. The standard InChI is InChI=1S/C13H13N3O4/c1-3-20-13(17)10(7-14)8-15-11-5-4-9(2)12(6-11)16(18)19/h4-6,8,15H,3H2,1-2H3/b10-8+. The number of carbonyl (C=O) groups excluding carboxylic acids is 1. The van der Waals surface area contributed by atoms with Crippen LogP contribution in [0.1, 0.15) is 12.5 Å². The first-order valence-corrected chi connectivity index (χ1v) is 5.78. The lowest BCUT2D eigenvalue weighted by Gasteiger charge is -2.04. The van der Waals surface area contributed by atoms with Gasteiger partial charge in [-0.25, -0.2) is 4.79 Å². The molecule has 0 spiro atoms. The highest BCUT2D eigenvalue weighted by Crippen LogP contribution is 2.22. The number of ether oxygens (including phenoxy) is 1. The molecule has 0 heterocycles. The van der Waals surface area contributed by atoms with Crippen LogP contribution in [0.5, 0.6) is 0 Å². The Hall–Kier alpha value is -2.88. The van der Waals surface area contributed by atoms with Gasteiger partial charge < -0.3 is 10.1 Å². The number of aryl methyl sites for hydroxylation is 1. The summed E-state index contributed by atoms with van der Waals surface area (Å²) in [5.41, 5.74) is 0.669. The van der Waals surface area contributed by atoms with Gasteiger partial charge >= 0.3 is 5.97 Å². The lowest BCUT2D eigenvalue weighted by atomic mass is 10.2. The number of benzene rings is 1. The van der Waals surface area contributed by atoms with Crippen LogP contribution < -0.4 is 5.32 Å². The third-order valence-electron chi connectivity index (χ3n) is 2.40. The number of carbonyl (C=O) groups is 1. The first-order valence-electron chi connectivity index (χ1n) is 5.78. The zero-order chi connectivity index (χ0) is 15.1. The summed E-state index contributed by atoms with van der Waals surface area (Å²) < 4.78 is 4.69. The average Bonchev–Trinajstić information content (AvgIpc) is 2.41. The van der Waals surface area contributed by atoms with Crippen LogP contribution in [0.15, 0.2) is 30.0 Å². The van der Waals surface area contributed by atoms with Gasteiger partial charge in [0, 0.05) is 23.5 Å². The number of nitrogens with zero attached hydrogens (tertiary/aromatic N) is 2. The molecule has 0 saturated carbocycles. The van der Waals surface area contributed by atoms with Crippen molar-refractivity contribution in [1.82, 2.24) is 0 Å². The van der Waals surface area contributed by atoms with Crippen molar-refractivity contribution in [2.24, 2.45) is 0 Å². The van der Waals surface area contributed by atoms with Gasteiger partial charge in [0.2, 0.25) is 0 Å². The molecule has 1 aromatic carbocycles. The molecule has 0 atom stereocenters. The van der Waals surface area contributed by atoms with E-state index in [-0.39, 0.29) is 17.9 Å². The fourth-order valence-corrected chi connectivity index (χ4v) is 1.40. The number of nitriles is 1. The first kappa shape index (κ1) is 15.2. The van der Waals surface area contributed by atoms with Crippen LogP contribution in [-0.4, -0.2) is 17.5 Å². The Labute approximate surface area is 115 Å². The van der Waals surface area contributed by atoms with Gasteiger partial charge in [-0.3, -0.25) is 10.1 Å². The van der Waals surface area contributed by atoms with E-state index < -0.39 is 10.9 Å². The fraction of sp³-hybridized carbons (Fsp3) is 0.231. The van der Waals surface area contributed by atoms with Crippen molar-refractivity contribution in [3.8, 4) is 6.07 Å². The Morgan fingerprint density at radius 1 is 1.60 bits per heavy atom. The van der Waals surface area contributed by atoms with Crippen molar-refractivity contribution < 1.29 is 14.5 Å². The van der Waals surface area contributed by atoms with Gasteiger partial charge in [0.05, 0.1) is 11.5 Å². The van der Waals surface area contributed by atoms with Gasteiger partial charge in [-0.2, -0.15) is 5.26 Å². The van der Waals surface area contributed by atoms with E-state index >= 15 is 0 Å². The van der Waals surface area contributed by atoms with E-state index in [1.807, 2.05) is 0 Å². The van der Waals surface area contributed by atoms with Crippen molar-refractivity contribution in [2.75, 3.05) is 11.9 Å².